The van der Waals surface area contributed by atoms with Gasteiger partial charge >= 0.3 is 0 Å². The van der Waals surface area contributed by atoms with E-state index in [1.165, 1.54) is 0 Å². The van der Waals surface area contributed by atoms with Crippen LogP contribution >= 0.6 is 0 Å². The Hall–Kier alpha value is -0.130. The Labute approximate surface area is 86.5 Å². The third-order valence-corrected chi connectivity index (χ3v) is 3.87. The van der Waals surface area contributed by atoms with Crippen molar-refractivity contribution in [3.05, 3.63) is 0 Å². The van der Waals surface area contributed by atoms with Crippen LogP contribution in [-0.4, -0.2) is 32.3 Å². The highest BCUT2D eigenvalue weighted by atomic mass is 32.2. The highest BCUT2D eigenvalue weighted by Crippen LogP contribution is 2.34. The van der Waals surface area contributed by atoms with E-state index in [2.05, 4.69) is 10.0 Å². The maximum atomic E-state index is 11.5. The lowest BCUT2D eigenvalue weighted by atomic mass is 10.4. The number of rotatable bonds is 6. The zero-order valence-corrected chi connectivity index (χ0v) is 9.95. The number of nitrogens with one attached hydrogen (secondary N) is 2. The third-order valence-electron chi connectivity index (χ3n) is 2.33. The van der Waals surface area contributed by atoms with Crippen LogP contribution in [-0.2, 0) is 10.0 Å². The van der Waals surface area contributed by atoms with E-state index in [-0.39, 0.29) is 11.3 Å². The fraction of sp³-hybridized carbons (Fsp3) is 1.00. The smallest absolute Gasteiger partial charge is 0.213 e. The summed E-state index contributed by atoms with van der Waals surface area (Å²) >= 11 is 0. The molecule has 1 fully saturated rings. The van der Waals surface area contributed by atoms with Crippen LogP contribution in [0.4, 0.5) is 0 Å². The Morgan fingerprint density at radius 1 is 1.36 bits per heavy atom. The molecule has 0 unspecified atom stereocenters. The van der Waals surface area contributed by atoms with E-state index >= 15 is 0 Å². The van der Waals surface area contributed by atoms with Crippen molar-refractivity contribution >= 4 is 10.0 Å². The molecule has 0 aromatic rings. The van der Waals surface area contributed by atoms with Crippen molar-refractivity contribution in [3.63, 3.8) is 0 Å². The Bertz CT molecular complexity index is 281. The standard InChI is InChI=1S/C9H20N2O2S/c1-8(2)10-6-7-14(12,13)11-9(3)4-5-9/h8,10-11H,4-7H2,1-3H3. The van der Waals surface area contributed by atoms with Crippen LogP contribution in [0.5, 0.6) is 0 Å². The quantitative estimate of drug-likeness (QED) is 0.683. The van der Waals surface area contributed by atoms with Gasteiger partial charge in [-0.3, -0.25) is 0 Å². The van der Waals surface area contributed by atoms with Crippen LogP contribution in [0.15, 0.2) is 0 Å². The van der Waals surface area contributed by atoms with Gasteiger partial charge in [0.15, 0.2) is 0 Å². The van der Waals surface area contributed by atoms with E-state index in [1.54, 1.807) is 0 Å². The Morgan fingerprint density at radius 3 is 2.36 bits per heavy atom. The average Bonchev–Trinajstić information content (AvgIpc) is 2.64. The highest BCUT2D eigenvalue weighted by Gasteiger charge is 2.40. The molecule has 0 aromatic heterocycles. The SMILES string of the molecule is CC(C)NCCS(=O)(=O)NC1(C)CC1. The maximum absolute atomic E-state index is 11.5. The van der Waals surface area contributed by atoms with E-state index in [4.69, 9.17) is 0 Å². The van der Waals surface area contributed by atoms with Crippen LogP contribution in [0.25, 0.3) is 0 Å². The topological polar surface area (TPSA) is 58.2 Å². The molecule has 84 valence electrons. The Balaban J connectivity index is 2.27. The first-order valence-corrected chi connectivity index (χ1v) is 6.73. The van der Waals surface area contributed by atoms with Crippen molar-refractivity contribution in [2.24, 2.45) is 0 Å². The largest absolute Gasteiger partial charge is 0.313 e. The van der Waals surface area contributed by atoms with Crippen molar-refractivity contribution in [2.75, 3.05) is 12.3 Å². The highest BCUT2D eigenvalue weighted by molar-refractivity contribution is 7.89. The van der Waals surface area contributed by atoms with Crippen molar-refractivity contribution in [2.45, 2.75) is 45.2 Å². The molecule has 0 bridgehead atoms. The fourth-order valence-electron chi connectivity index (χ4n) is 1.20. The molecule has 0 heterocycles. The summed E-state index contributed by atoms with van der Waals surface area (Å²) in [6.45, 7) is 6.47. The number of hydrogen-bond acceptors (Lipinski definition) is 3. The summed E-state index contributed by atoms with van der Waals surface area (Å²) in [5, 5.41) is 3.09. The van der Waals surface area contributed by atoms with Crippen LogP contribution in [0.3, 0.4) is 0 Å². The van der Waals surface area contributed by atoms with Crippen molar-refractivity contribution in [3.8, 4) is 0 Å². The van der Waals surface area contributed by atoms with E-state index in [1.807, 2.05) is 20.8 Å². The zero-order chi connectivity index (χ0) is 10.8. The lowest BCUT2D eigenvalue weighted by Crippen LogP contribution is -2.39. The first-order valence-electron chi connectivity index (χ1n) is 5.08. The molecule has 0 atom stereocenters. The minimum absolute atomic E-state index is 0.142. The Morgan fingerprint density at radius 2 is 1.93 bits per heavy atom. The van der Waals surface area contributed by atoms with Gasteiger partial charge in [0.1, 0.15) is 0 Å². The molecule has 0 spiro atoms. The van der Waals surface area contributed by atoms with Gasteiger partial charge in [0.05, 0.1) is 5.75 Å². The molecule has 1 rings (SSSR count). The normalized spacial score (nSPS) is 20.0. The number of hydrogen-bond donors (Lipinski definition) is 2. The second kappa shape index (κ2) is 4.16. The molecule has 0 aromatic carbocycles. The summed E-state index contributed by atoms with van der Waals surface area (Å²) in [4.78, 5) is 0. The van der Waals surface area contributed by atoms with Crippen molar-refractivity contribution in [1.29, 1.82) is 0 Å². The van der Waals surface area contributed by atoms with Gasteiger partial charge in [-0.2, -0.15) is 0 Å². The predicted molar refractivity (Wildman–Crippen MR) is 57.7 cm³/mol. The van der Waals surface area contributed by atoms with Crippen molar-refractivity contribution in [1.82, 2.24) is 10.0 Å². The molecular weight excluding hydrogens is 200 g/mol. The predicted octanol–water partition coefficient (Wildman–Crippen LogP) is 0.456. The molecule has 0 radical (unpaired) electrons. The summed E-state index contributed by atoms with van der Waals surface area (Å²) in [6.07, 6.45) is 1.92. The van der Waals surface area contributed by atoms with Gasteiger partial charge in [-0.1, -0.05) is 13.8 Å². The van der Waals surface area contributed by atoms with E-state index in [0.29, 0.717) is 12.6 Å². The number of sulfonamides is 1. The molecular formula is C9H20N2O2S. The molecule has 4 nitrogen and oxygen atoms in total. The molecule has 0 amide bonds. The lowest BCUT2D eigenvalue weighted by Gasteiger charge is -2.13. The molecule has 1 saturated carbocycles. The molecule has 0 saturated heterocycles. The van der Waals surface area contributed by atoms with Gasteiger partial charge in [-0.15, -0.1) is 0 Å². The van der Waals surface area contributed by atoms with Gasteiger partial charge < -0.3 is 5.32 Å². The molecule has 5 heteroatoms. The molecule has 1 aliphatic carbocycles. The van der Waals surface area contributed by atoms with E-state index < -0.39 is 10.0 Å². The third kappa shape index (κ3) is 4.39. The lowest BCUT2D eigenvalue weighted by molar-refractivity contribution is 0.548. The first kappa shape index (κ1) is 11.9. The summed E-state index contributed by atoms with van der Waals surface area (Å²) in [5.74, 6) is 0.167. The Kier molecular flexibility index (Phi) is 3.55. The fourth-order valence-corrected chi connectivity index (χ4v) is 2.64. The molecule has 2 N–H and O–H groups in total. The van der Waals surface area contributed by atoms with E-state index in [0.717, 1.165) is 12.8 Å². The van der Waals surface area contributed by atoms with Crippen LogP contribution in [0, 0.1) is 0 Å². The summed E-state index contributed by atoms with van der Waals surface area (Å²) in [7, 11) is -3.08. The second-order valence-electron chi connectivity index (χ2n) is 4.59. The maximum Gasteiger partial charge on any atom is 0.213 e. The minimum atomic E-state index is -3.08. The summed E-state index contributed by atoms with van der Waals surface area (Å²) < 4.78 is 25.7. The zero-order valence-electron chi connectivity index (χ0n) is 9.13. The van der Waals surface area contributed by atoms with Gasteiger partial charge in [0.25, 0.3) is 0 Å². The van der Waals surface area contributed by atoms with Crippen LogP contribution < -0.4 is 10.0 Å². The summed E-state index contributed by atoms with van der Waals surface area (Å²) in [6, 6.07) is 0.335. The van der Waals surface area contributed by atoms with Crippen molar-refractivity contribution < 1.29 is 8.42 Å². The summed E-state index contributed by atoms with van der Waals surface area (Å²) in [5.41, 5.74) is -0.142. The first-order chi connectivity index (χ1) is 6.33. The van der Waals surface area contributed by atoms with Gasteiger partial charge in [-0.05, 0) is 19.8 Å². The molecule has 1 aliphatic rings. The van der Waals surface area contributed by atoms with Crippen LogP contribution in [0.2, 0.25) is 0 Å². The van der Waals surface area contributed by atoms with Gasteiger partial charge in [-0.25, -0.2) is 13.1 Å². The van der Waals surface area contributed by atoms with Crippen LogP contribution in [0.1, 0.15) is 33.6 Å². The van der Waals surface area contributed by atoms with E-state index in [9.17, 15) is 8.42 Å². The van der Waals surface area contributed by atoms with Gasteiger partial charge in [0.2, 0.25) is 10.0 Å². The van der Waals surface area contributed by atoms with Gasteiger partial charge in [0, 0.05) is 18.1 Å². The molecule has 0 aliphatic heterocycles. The second-order valence-corrected chi connectivity index (χ2v) is 6.43. The minimum Gasteiger partial charge on any atom is -0.313 e. The average molecular weight is 220 g/mol. The monoisotopic (exact) mass is 220 g/mol. The molecule has 14 heavy (non-hydrogen) atoms.